The molecule has 0 bridgehead atoms. The fourth-order valence-corrected chi connectivity index (χ4v) is 3.16. The molecule has 1 atom stereocenters. The summed E-state index contributed by atoms with van der Waals surface area (Å²) < 4.78 is 0. The number of benzene rings is 2. The molecular formula is C23H28N2O. The van der Waals surface area contributed by atoms with Gasteiger partial charge in [-0.1, -0.05) is 54.6 Å². The Morgan fingerprint density at radius 2 is 1.62 bits per heavy atom. The highest BCUT2D eigenvalue weighted by atomic mass is 16.3. The van der Waals surface area contributed by atoms with E-state index in [0.717, 1.165) is 23.1 Å². The van der Waals surface area contributed by atoms with E-state index in [1.165, 1.54) is 5.56 Å². The Morgan fingerprint density at radius 3 is 2.35 bits per heavy atom. The van der Waals surface area contributed by atoms with Gasteiger partial charge in [0.1, 0.15) is 0 Å². The molecule has 0 aliphatic rings. The maximum Gasteiger partial charge on any atom is 0.0722 e. The Labute approximate surface area is 156 Å². The molecule has 2 aromatic carbocycles. The van der Waals surface area contributed by atoms with Gasteiger partial charge in [0.25, 0.3) is 0 Å². The van der Waals surface area contributed by atoms with Crippen LogP contribution in [0.3, 0.4) is 0 Å². The zero-order valence-corrected chi connectivity index (χ0v) is 15.9. The van der Waals surface area contributed by atoms with Crippen LogP contribution in [-0.4, -0.2) is 33.2 Å². The van der Waals surface area contributed by atoms with Gasteiger partial charge in [-0.3, -0.25) is 9.88 Å². The molecule has 0 saturated heterocycles. The Balaban J connectivity index is 1.69. The van der Waals surface area contributed by atoms with E-state index < -0.39 is 6.10 Å². The molecule has 26 heavy (non-hydrogen) atoms. The van der Waals surface area contributed by atoms with Crippen molar-refractivity contribution < 1.29 is 5.11 Å². The maximum absolute atomic E-state index is 10.7. The number of para-hydroxylation sites is 1. The average molecular weight is 348 g/mol. The van der Waals surface area contributed by atoms with E-state index in [1.54, 1.807) is 0 Å². The van der Waals surface area contributed by atoms with Crippen LogP contribution in [0.4, 0.5) is 0 Å². The monoisotopic (exact) mass is 348 g/mol. The highest BCUT2D eigenvalue weighted by Crippen LogP contribution is 2.19. The lowest BCUT2D eigenvalue weighted by atomic mass is 10.0. The van der Waals surface area contributed by atoms with Gasteiger partial charge >= 0.3 is 0 Å². The third-order valence-corrected chi connectivity index (χ3v) is 4.70. The molecule has 3 aromatic rings. The molecule has 0 saturated carbocycles. The Kier molecular flexibility index (Phi) is 5.70. The van der Waals surface area contributed by atoms with Crippen LogP contribution in [-0.2, 0) is 13.0 Å². The molecule has 3 nitrogen and oxygen atoms in total. The molecule has 3 heteroatoms. The van der Waals surface area contributed by atoms with Crippen molar-refractivity contribution in [3.8, 4) is 0 Å². The molecule has 1 heterocycles. The molecule has 1 aromatic heterocycles. The summed E-state index contributed by atoms with van der Waals surface area (Å²) in [7, 11) is 0. The molecule has 0 aliphatic carbocycles. The number of pyridine rings is 1. The summed E-state index contributed by atoms with van der Waals surface area (Å²) in [6.07, 6.45) is 0.109. The number of β-amino-alcohol motifs (C(OH)–C–C–N with tert-alkyl or cyclic N) is 1. The van der Waals surface area contributed by atoms with E-state index in [4.69, 9.17) is 4.98 Å². The van der Waals surface area contributed by atoms with Crippen LogP contribution >= 0.6 is 0 Å². The minimum atomic E-state index is -0.452. The van der Waals surface area contributed by atoms with Crippen molar-refractivity contribution in [1.82, 2.24) is 9.88 Å². The highest BCUT2D eigenvalue weighted by molar-refractivity contribution is 5.78. The summed E-state index contributed by atoms with van der Waals surface area (Å²) in [5.74, 6) is 0. The Bertz CT molecular complexity index is 839. The zero-order valence-electron chi connectivity index (χ0n) is 15.9. The minimum Gasteiger partial charge on any atom is -0.391 e. The number of fused-ring (bicyclic) bond motifs is 1. The molecule has 0 spiro atoms. The fraction of sp³-hybridized carbons (Fsp3) is 0.348. The van der Waals surface area contributed by atoms with Gasteiger partial charge in [-0.15, -0.1) is 0 Å². The molecule has 0 radical (unpaired) electrons. The van der Waals surface area contributed by atoms with Gasteiger partial charge in [-0.25, -0.2) is 0 Å². The van der Waals surface area contributed by atoms with E-state index in [2.05, 4.69) is 62.1 Å². The van der Waals surface area contributed by atoms with Gasteiger partial charge in [-0.2, -0.15) is 0 Å². The van der Waals surface area contributed by atoms with Crippen LogP contribution in [0, 0.1) is 0 Å². The first-order chi connectivity index (χ1) is 12.4. The van der Waals surface area contributed by atoms with Crippen molar-refractivity contribution in [2.75, 3.05) is 6.54 Å². The SMILES string of the molecule is CC(C)(C)N(Cc1ccccc1)CC(O)Cc1ccc2ccccc2n1. The number of hydrogen-bond donors (Lipinski definition) is 1. The summed E-state index contributed by atoms with van der Waals surface area (Å²) in [4.78, 5) is 7.02. The summed E-state index contributed by atoms with van der Waals surface area (Å²) in [5.41, 5.74) is 3.16. The first-order valence-corrected chi connectivity index (χ1v) is 9.23. The predicted octanol–water partition coefficient (Wildman–Crippen LogP) is 4.44. The minimum absolute atomic E-state index is 0.0202. The summed E-state index contributed by atoms with van der Waals surface area (Å²) >= 11 is 0. The smallest absolute Gasteiger partial charge is 0.0722 e. The number of aromatic nitrogens is 1. The first-order valence-electron chi connectivity index (χ1n) is 9.23. The second-order valence-corrected chi connectivity index (χ2v) is 7.89. The van der Waals surface area contributed by atoms with Gasteiger partial charge in [0.2, 0.25) is 0 Å². The summed E-state index contributed by atoms with van der Waals surface area (Å²) in [5, 5.41) is 11.8. The quantitative estimate of drug-likeness (QED) is 0.715. The number of nitrogens with zero attached hydrogens (tertiary/aromatic N) is 2. The van der Waals surface area contributed by atoms with Crippen LogP contribution in [0.5, 0.6) is 0 Å². The van der Waals surface area contributed by atoms with Crippen molar-refractivity contribution >= 4 is 10.9 Å². The van der Waals surface area contributed by atoms with Gasteiger partial charge in [0.15, 0.2) is 0 Å². The van der Waals surface area contributed by atoms with E-state index in [0.29, 0.717) is 13.0 Å². The Hall–Kier alpha value is -2.23. The second-order valence-electron chi connectivity index (χ2n) is 7.89. The van der Waals surface area contributed by atoms with Crippen LogP contribution < -0.4 is 0 Å². The number of hydrogen-bond acceptors (Lipinski definition) is 3. The molecule has 136 valence electrons. The number of rotatable bonds is 6. The van der Waals surface area contributed by atoms with Crippen LogP contribution in [0.2, 0.25) is 0 Å². The van der Waals surface area contributed by atoms with Gasteiger partial charge < -0.3 is 5.11 Å². The highest BCUT2D eigenvalue weighted by Gasteiger charge is 2.24. The predicted molar refractivity (Wildman–Crippen MR) is 108 cm³/mol. The first kappa shape index (κ1) is 18.6. The fourth-order valence-electron chi connectivity index (χ4n) is 3.16. The topological polar surface area (TPSA) is 36.4 Å². The molecule has 1 N–H and O–H groups in total. The number of aliphatic hydroxyl groups excluding tert-OH is 1. The lowest BCUT2D eigenvalue weighted by molar-refractivity contribution is 0.0526. The molecule has 1 unspecified atom stereocenters. The molecule has 0 aliphatic heterocycles. The van der Waals surface area contributed by atoms with Crippen LogP contribution in [0.25, 0.3) is 10.9 Å². The standard InChI is InChI=1S/C23H28N2O/c1-23(2,3)25(16-18-9-5-4-6-10-18)17-21(26)15-20-14-13-19-11-7-8-12-22(19)24-20/h4-14,21,26H,15-17H2,1-3H3. The lowest BCUT2D eigenvalue weighted by Crippen LogP contribution is -2.45. The maximum atomic E-state index is 10.7. The molecular weight excluding hydrogens is 320 g/mol. The van der Waals surface area contributed by atoms with Gasteiger partial charge in [0, 0.05) is 36.1 Å². The van der Waals surface area contributed by atoms with Crippen molar-refractivity contribution in [2.45, 2.75) is 45.4 Å². The van der Waals surface area contributed by atoms with Crippen molar-refractivity contribution in [2.24, 2.45) is 0 Å². The third-order valence-electron chi connectivity index (χ3n) is 4.70. The third kappa shape index (κ3) is 4.90. The normalized spacial score (nSPS) is 13.3. The molecule has 3 rings (SSSR count). The molecule has 0 amide bonds. The van der Waals surface area contributed by atoms with Crippen LogP contribution in [0.15, 0.2) is 66.7 Å². The molecule has 0 fully saturated rings. The summed E-state index contributed by atoms with van der Waals surface area (Å²) in [6, 6.07) is 22.6. The zero-order chi connectivity index (χ0) is 18.6. The van der Waals surface area contributed by atoms with E-state index >= 15 is 0 Å². The average Bonchev–Trinajstić information content (AvgIpc) is 2.61. The summed E-state index contributed by atoms with van der Waals surface area (Å²) in [6.45, 7) is 8.02. The van der Waals surface area contributed by atoms with E-state index in [1.807, 2.05) is 30.3 Å². The van der Waals surface area contributed by atoms with Crippen molar-refractivity contribution in [1.29, 1.82) is 0 Å². The number of aliphatic hydroxyl groups is 1. The van der Waals surface area contributed by atoms with E-state index in [9.17, 15) is 5.11 Å². The second kappa shape index (κ2) is 7.98. The van der Waals surface area contributed by atoms with Crippen molar-refractivity contribution in [3.63, 3.8) is 0 Å². The van der Waals surface area contributed by atoms with Crippen molar-refractivity contribution in [3.05, 3.63) is 78.0 Å². The Morgan fingerprint density at radius 1 is 0.923 bits per heavy atom. The van der Waals surface area contributed by atoms with E-state index in [-0.39, 0.29) is 5.54 Å². The lowest BCUT2D eigenvalue weighted by Gasteiger charge is -2.37. The van der Waals surface area contributed by atoms with Crippen LogP contribution in [0.1, 0.15) is 32.0 Å². The van der Waals surface area contributed by atoms with Gasteiger partial charge in [0.05, 0.1) is 11.6 Å². The van der Waals surface area contributed by atoms with Gasteiger partial charge in [-0.05, 0) is 38.5 Å². The largest absolute Gasteiger partial charge is 0.391 e.